The molecule has 0 fully saturated rings. The molecule has 0 aromatic heterocycles. The third-order valence-corrected chi connectivity index (χ3v) is 3.89. The van der Waals surface area contributed by atoms with Crippen molar-refractivity contribution >= 4 is 0 Å². The molecule has 2 nitrogen and oxygen atoms in total. The lowest BCUT2D eigenvalue weighted by atomic mass is 9.87. The number of likely N-dealkylation sites (N-methyl/N-ethyl adjacent to an activating group) is 1. The molecular weight excluding hydrogens is 222 g/mol. The summed E-state index contributed by atoms with van der Waals surface area (Å²) >= 11 is 0. The summed E-state index contributed by atoms with van der Waals surface area (Å²) in [7, 11) is 3.80. The monoisotopic (exact) mass is 249 g/mol. The molecule has 0 amide bonds. The van der Waals surface area contributed by atoms with E-state index in [-0.39, 0.29) is 11.6 Å². The first-order valence-corrected chi connectivity index (χ1v) is 6.92. The normalized spacial score (nSPS) is 16.3. The Morgan fingerprint density at radius 3 is 2.56 bits per heavy atom. The Bertz CT molecular complexity index is 358. The van der Waals surface area contributed by atoms with Crippen LogP contribution in [-0.4, -0.2) is 19.8 Å². The number of ether oxygens (including phenoxy) is 1. The molecule has 0 aliphatic rings. The van der Waals surface area contributed by atoms with Crippen molar-refractivity contribution in [3.8, 4) is 0 Å². The fourth-order valence-electron chi connectivity index (χ4n) is 2.51. The number of hydrogen-bond acceptors (Lipinski definition) is 2. The summed E-state index contributed by atoms with van der Waals surface area (Å²) in [5, 5.41) is 3.41. The Labute approximate surface area is 112 Å². The van der Waals surface area contributed by atoms with E-state index in [9.17, 15) is 0 Å². The summed E-state index contributed by atoms with van der Waals surface area (Å²) in [6, 6.07) is 9.07. The Morgan fingerprint density at radius 2 is 2.06 bits per heavy atom. The second-order valence-electron chi connectivity index (χ2n) is 5.09. The average Bonchev–Trinajstić information content (AvgIpc) is 2.40. The first-order valence-electron chi connectivity index (χ1n) is 6.92. The van der Waals surface area contributed by atoms with Crippen molar-refractivity contribution in [2.24, 2.45) is 0 Å². The van der Waals surface area contributed by atoms with Gasteiger partial charge in [0.2, 0.25) is 0 Å². The van der Waals surface area contributed by atoms with Gasteiger partial charge in [-0.25, -0.2) is 0 Å². The first-order chi connectivity index (χ1) is 8.61. The summed E-state index contributed by atoms with van der Waals surface area (Å²) in [5.74, 6) is 0. The van der Waals surface area contributed by atoms with Gasteiger partial charge in [0, 0.05) is 7.11 Å². The Kier molecular flexibility index (Phi) is 5.83. The predicted molar refractivity (Wildman–Crippen MR) is 77.9 cm³/mol. The van der Waals surface area contributed by atoms with Crippen molar-refractivity contribution in [1.29, 1.82) is 0 Å². The second kappa shape index (κ2) is 6.91. The van der Waals surface area contributed by atoms with E-state index < -0.39 is 0 Å². The quantitative estimate of drug-likeness (QED) is 0.795. The molecule has 18 heavy (non-hydrogen) atoms. The molecule has 0 spiro atoms. The third-order valence-electron chi connectivity index (χ3n) is 3.89. The standard InChI is InChI=1S/C16H27NO/c1-6-9-13-10-8-11-14(12-13)15(17-4)16(3,7-2)18-5/h8,10-12,15,17H,6-7,9H2,1-5H3. The van der Waals surface area contributed by atoms with E-state index in [2.05, 4.69) is 50.4 Å². The molecule has 0 heterocycles. The minimum Gasteiger partial charge on any atom is -0.377 e. The summed E-state index contributed by atoms with van der Waals surface area (Å²) < 4.78 is 5.73. The summed E-state index contributed by atoms with van der Waals surface area (Å²) in [6.07, 6.45) is 3.30. The number of aryl methyl sites for hydroxylation is 1. The van der Waals surface area contributed by atoms with Crippen LogP contribution in [0, 0.1) is 0 Å². The topological polar surface area (TPSA) is 21.3 Å². The van der Waals surface area contributed by atoms with Gasteiger partial charge in [-0.15, -0.1) is 0 Å². The van der Waals surface area contributed by atoms with Gasteiger partial charge in [-0.05, 0) is 37.9 Å². The van der Waals surface area contributed by atoms with Gasteiger partial charge in [0.15, 0.2) is 0 Å². The van der Waals surface area contributed by atoms with E-state index in [0.29, 0.717) is 0 Å². The molecule has 0 saturated heterocycles. The van der Waals surface area contributed by atoms with Crippen LogP contribution in [0.1, 0.15) is 50.8 Å². The van der Waals surface area contributed by atoms with E-state index in [1.807, 2.05) is 7.05 Å². The minimum absolute atomic E-state index is 0.167. The highest BCUT2D eigenvalue weighted by atomic mass is 16.5. The van der Waals surface area contributed by atoms with Crippen LogP contribution in [-0.2, 0) is 11.2 Å². The van der Waals surface area contributed by atoms with Gasteiger partial charge in [-0.2, -0.15) is 0 Å². The van der Waals surface area contributed by atoms with Crippen LogP contribution in [0.2, 0.25) is 0 Å². The highest BCUT2D eigenvalue weighted by Crippen LogP contribution is 2.31. The highest BCUT2D eigenvalue weighted by Gasteiger charge is 2.32. The van der Waals surface area contributed by atoms with Crippen molar-refractivity contribution in [3.63, 3.8) is 0 Å². The van der Waals surface area contributed by atoms with Gasteiger partial charge < -0.3 is 10.1 Å². The smallest absolute Gasteiger partial charge is 0.0841 e. The molecule has 102 valence electrons. The zero-order valence-corrected chi connectivity index (χ0v) is 12.4. The number of hydrogen-bond donors (Lipinski definition) is 1. The van der Waals surface area contributed by atoms with Gasteiger partial charge in [0.25, 0.3) is 0 Å². The van der Waals surface area contributed by atoms with Crippen molar-refractivity contribution in [3.05, 3.63) is 35.4 Å². The third kappa shape index (κ3) is 3.33. The van der Waals surface area contributed by atoms with Crippen LogP contribution in [0.5, 0.6) is 0 Å². The maximum absolute atomic E-state index is 5.73. The van der Waals surface area contributed by atoms with Crippen LogP contribution in [0.4, 0.5) is 0 Å². The molecule has 0 bridgehead atoms. The predicted octanol–water partition coefficient (Wildman–Crippen LogP) is 3.71. The van der Waals surface area contributed by atoms with Gasteiger partial charge in [-0.1, -0.05) is 44.5 Å². The highest BCUT2D eigenvalue weighted by molar-refractivity contribution is 5.28. The van der Waals surface area contributed by atoms with E-state index >= 15 is 0 Å². The molecule has 0 radical (unpaired) electrons. The maximum Gasteiger partial charge on any atom is 0.0841 e. The molecule has 0 aliphatic carbocycles. The molecule has 2 atom stereocenters. The first kappa shape index (κ1) is 15.2. The largest absolute Gasteiger partial charge is 0.377 e. The minimum atomic E-state index is -0.167. The summed E-state index contributed by atoms with van der Waals surface area (Å²) in [4.78, 5) is 0. The van der Waals surface area contributed by atoms with Gasteiger partial charge in [0.1, 0.15) is 0 Å². The zero-order valence-electron chi connectivity index (χ0n) is 12.4. The number of benzene rings is 1. The SMILES string of the molecule is CCCc1cccc(C(NC)C(C)(CC)OC)c1. The van der Waals surface area contributed by atoms with Gasteiger partial charge in [-0.3, -0.25) is 0 Å². The lowest BCUT2D eigenvalue weighted by molar-refractivity contribution is -0.0280. The van der Waals surface area contributed by atoms with Gasteiger partial charge in [0.05, 0.1) is 11.6 Å². The van der Waals surface area contributed by atoms with Gasteiger partial charge >= 0.3 is 0 Å². The fraction of sp³-hybridized carbons (Fsp3) is 0.625. The molecule has 1 N–H and O–H groups in total. The van der Waals surface area contributed by atoms with Crippen LogP contribution in [0.3, 0.4) is 0 Å². The van der Waals surface area contributed by atoms with Crippen LogP contribution in [0.15, 0.2) is 24.3 Å². The van der Waals surface area contributed by atoms with E-state index in [1.54, 1.807) is 7.11 Å². The number of methoxy groups -OCH3 is 1. The summed E-state index contributed by atoms with van der Waals surface area (Å²) in [5.41, 5.74) is 2.55. The molecule has 0 aliphatic heterocycles. The van der Waals surface area contributed by atoms with Crippen molar-refractivity contribution in [2.45, 2.75) is 51.7 Å². The lowest BCUT2D eigenvalue weighted by Crippen LogP contribution is -2.41. The van der Waals surface area contributed by atoms with Crippen molar-refractivity contribution in [1.82, 2.24) is 5.32 Å². The van der Waals surface area contributed by atoms with E-state index in [4.69, 9.17) is 4.74 Å². The maximum atomic E-state index is 5.73. The molecule has 1 rings (SSSR count). The molecule has 1 aromatic rings. The molecule has 1 aromatic carbocycles. The number of rotatable bonds is 7. The lowest BCUT2D eigenvalue weighted by Gasteiger charge is -2.36. The fourth-order valence-corrected chi connectivity index (χ4v) is 2.51. The Balaban J connectivity index is 3.04. The van der Waals surface area contributed by atoms with E-state index in [1.165, 1.54) is 17.5 Å². The van der Waals surface area contributed by atoms with Crippen LogP contribution >= 0.6 is 0 Å². The molecule has 2 unspecified atom stereocenters. The van der Waals surface area contributed by atoms with Crippen LogP contribution in [0.25, 0.3) is 0 Å². The van der Waals surface area contributed by atoms with Crippen molar-refractivity contribution in [2.75, 3.05) is 14.2 Å². The molecular formula is C16H27NO. The van der Waals surface area contributed by atoms with E-state index in [0.717, 1.165) is 12.8 Å². The molecule has 2 heteroatoms. The Morgan fingerprint density at radius 1 is 1.33 bits per heavy atom. The van der Waals surface area contributed by atoms with Crippen molar-refractivity contribution < 1.29 is 4.74 Å². The second-order valence-corrected chi connectivity index (χ2v) is 5.09. The summed E-state index contributed by atoms with van der Waals surface area (Å²) in [6.45, 7) is 6.55. The Hall–Kier alpha value is -0.860. The zero-order chi connectivity index (χ0) is 13.6. The molecule has 0 saturated carbocycles. The number of nitrogens with one attached hydrogen (secondary N) is 1. The van der Waals surface area contributed by atoms with Crippen LogP contribution < -0.4 is 5.32 Å². The average molecular weight is 249 g/mol.